The number of anilines is 1. The van der Waals surface area contributed by atoms with Gasteiger partial charge in [0.2, 0.25) is 16.0 Å². The van der Waals surface area contributed by atoms with Crippen LogP contribution in [0, 0.1) is 5.82 Å². The van der Waals surface area contributed by atoms with Crippen LogP contribution in [0.4, 0.5) is 10.3 Å². The maximum atomic E-state index is 14.2. The molecule has 0 radical (unpaired) electrons. The maximum absolute atomic E-state index is 14.2. The lowest BCUT2D eigenvalue weighted by atomic mass is 10.1. The van der Waals surface area contributed by atoms with Crippen molar-refractivity contribution >= 4 is 44.5 Å². The summed E-state index contributed by atoms with van der Waals surface area (Å²) < 4.78 is 40.6. The molecule has 0 bridgehead atoms. The van der Waals surface area contributed by atoms with Gasteiger partial charge in [0.1, 0.15) is 34.7 Å². The number of hydrogen-bond acceptors (Lipinski definition) is 4. The zero-order valence-electron chi connectivity index (χ0n) is 23.8. The molecule has 4 aromatic carbocycles. The Balaban J connectivity index is 0.00000405. The van der Waals surface area contributed by atoms with Crippen LogP contribution in [0.2, 0.25) is 0 Å². The lowest BCUT2D eigenvalue weighted by Crippen LogP contribution is -3.00. The normalized spacial score (nSPS) is 11.7. The van der Waals surface area contributed by atoms with E-state index in [-0.39, 0.29) is 34.7 Å². The second-order valence-corrected chi connectivity index (χ2v) is 15.5. The Morgan fingerprint density at radius 2 is 1.14 bits per heavy atom. The van der Waals surface area contributed by atoms with Gasteiger partial charge in [-0.3, -0.25) is 0 Å². The first kappa shape index (κ1) is 31.5. The fraction of sp³-hybridized carbons (Fsp3) is 0.152. The quantitative estimate of drug-likeness (QED) is 0.240. The molecule has 0 saturated carbocycles. The van der Waals surface area contributed by atoms with E-state index in [9.17, 15) is 12.8 Å². The fourth-order valence-electron chi connectivity index (χ4n) is 5.08. The zero-order valence-corrected chi connectivity index (χ0v) is 27.1. The van der Waals surface area contributed by atoms with Gasteiger partial charge in [-0.15, -0.1) is 0 Å². The van der Waals surface area contributed by atoms with Crippen LogP contribution in [0.15, 0.2) is 115 Å². The van der Waals surface area contributed by atoms with Crippen LogP contribution in [0.3, 0.4) is 0 Å². The van der Waals surface area contributed by atoms with Crippen LogP contribution in [0.5, 0.6) is 0 Å². The van der Waals surface area contributed by atoms with Gasteiger partial charge in [0.05, 0.1) is 11.9 Å². The van der Waals surface area contributed by atoms with Crippen LogP contribution in [0.25, 0.3) is 11.3 Å². The van der Waals surface area contributed by atoms with Crippen LogP contribution in [0.1, 0.15) is 25.5 Å². The van der Waals surface area contributed by atoms with Crippen molar-refractivity contribution in [2.24, 2.45) is 0 Å². The van der Waals surface area contributed by atoms with Gasteiger partial charge in [-0.25, -0.2) is 27.1 Å². The molecule has 1 aromatic heterocycles. The molecular weight excluding hydrogens is 632 g/mol. The van der Waals surface area contributed by atoms with Gasteiger partial charge in [0.25, 0.3) is 0 Å². The molecule has 0 spiro atoms. The highest BCUT2D eigenvalue weighted by atomic mass is 79.9. The second-order valence-electron chi connectivity index (χ2n) is 10.2. The summed E-state index contributed by atoms with van der Waals surface area (Å²) in [5.74, 6) is -0.377. The van der Waals surface area contributed by atoms with Crippen molar-refractivity contribution in [3.63, 3.8) is 0 Å². The molecular formula is C33H32BrFN3O2PS. The monoisotopic (exact) mass is 663 g/mol. The minimum absolute atomic E-state index is 0. The Kier molecular flexibility index (Phi) is 9.61. The summed E-state index contributed by atoms with van der Waals surface area (Å²) in [5, 5.41) is 4.25. The average Bonchev–Trinajstić information content (AvgIpc) is 2.98. The molecule has 0 atom stereocenters. The van der Waals surface area contributed by atoms with E-state index in [2.05, 4.69) is 50.2 Å². The summed E-state index contributed by atoms with van der Waals surface area (Å²) in [6, 6.07) is 37.3. The molecule has 216 valence electrons. The molecule has 0 aliphatic carbocycles. The molecule has 1 heterocycles. The van der Waals surface area contributed by atoms with E-state index < -0.39 is 17.3 Å². The van der Waals surface area contributed by atoms with Gasteiger partial charge < -0.3 is 17.0 Å². The SMILES string of the molecule is CC(C)c1nc(N(C)S(C)(=O)=O)nc(-c2ccc(F)cc2)c1[P+](c1ccccc1)(c1ccccc1)c1ccccc1.[Br-]. The molecule has 0 saturated heterocycles. The minimum Gasteiger partial charge on any atom is -1.00 e. The average molecular weight is 665 g/mol. The first-order valence-corrected chi connectivity index (χ1v) is 17.0. The van der Waals surface area contributed by atoms with Gasteiger partial charge >= 0.3 is 0 Å². The fourth-order valence-corrected chi connectivity index (χ4v) is 10.1. The number of aromatic nitrogens is 2. The van der Waals surface area contributed by atoms with E-state index in [1.807, 2.05) is 54.6 Å². The minimum atomic E-state index is -3.65. The number of sulfonamides is 1. The van der Waals surface area contributed by atoms with Gasteiger partial charge in [-0.2, -0.15) is 0 Å². The van der Waals surface area contributed by atoms with Gasteiger partial charge in [0, 0.05) is 12.6 Å². The Morgan fingerprint density at radius 3 is 1.52 bits per heavy atom. The number of rotatable bonds is 8. The van der Waals surface area contributed by atoms with Crippen molar-refractivity contribution in [2.75, 3.05) is 17.6 Å². The van der Waals surface area contributed by atoms with E-state index in [0.29, 0.717) is 11.3 Å². The van der Waals surface area contributed by atoms with E-state index >= 15 is 0 Å². The highest BCUT2D eigenvalue weighted by molar-refractivity contribution is 8.01. The Bertz CT molecular complexity index is 1660. The third-order valence-corrected chi connectivity index (χ3v) is 12.6. The topological polar surface area (TPSA) is 63.2 Å². The first-order chi connectivity index (χ1) is 19.6. The molecule has 0 N–H and O–H groups in total. The Hall–Kier alpha value is -3.45. The van der Waals surface area contributed by atoms with Gasteiger partial charge in [-0.1, -0.05) is 68.4 Å². The van der Waals surface area contributed by atoms with E-state index in [1.165, 1.54) is 19.2 Å². The van der Waals surface area contributed by atoms with Crippen molar-refractivity contribution in [1.82, 2.24) is 9.97 Å². The zero-order chi connectivity index (χ0) is 29.2. The number of benzene rings is 4. The van der Waals surface area contributed by atoms with Crippen LogP contribution < -0.4 is 42.5 Å². The lowest BCUT2D eigenvalue weighted by Gasteiger charge is -2.31. The number of nitrogens with zero attached hydrogens (tertiary/aromatic N) is 3. The molecule has 5 rings (SSSR count). The third kappa shape index (κ3) is 5.89. The first-order valence-electron chi connectivity index (χ1n) is 13.3. The molecule has 0 amide bonds. The smallest absolute Gasteiger partial charge is 0.240 e. The van der Waals surface area contributed by atoms with E-state index in [0.717, 1.165) is 37.5 Å². The van der Waals surface area contributed by atoms with Crippen molar-refractivity contribution in [1.29, 1.82) is 0 Å². The summed E-state index contributed by atoms with van der Waals surface area (Å²) in [4.78, 5) is 9.94. The van der Waals surface area contributed by atoms with Gasteiger partial charge in [-0.05, 0) is 66.6 Å². The second kappa shape index (κ2) is 12.8. The summed E-state index contributed by atoms with van der Waals surface area (Å²) in [6.07, 6.45) is 1.13. The van der Waals surface area contributed by atoms with Crippen molar-refractivity contribution in [2.45, 2.75) is 19.8 Å². The summed E-state index contributed by atoms with van der Waals surface area (Å²) in [5.41, 5.74) is 2.01. The largest absolute Gasteiger partial charge is 1.00 e. The molecule has 9 heteroatoms. The van der Waals surface area contributed by atoms with Crippen LogP contribution >= 0.6 is 7.26 Å². The Labute approximate surface area is 258 Å². The molecule has 42 heavy (non-hydrogen) atoms. The summed E-state index contributed by atoms with van der Waals surface area (Å²) in [6.45, 7) is 4.11. The molecule has 5 nitrogen and oxygen atoms in total. The highest BCUT2D eigenvalue weighted by Gasteiger charge is 2.52. The van der Waals surface area contributed by atoms with Crippen LogP contribution in [-0.4, -0.2) is 31.7 Å². The van der Waals surface area contributed by atoms with Crippen molar-refractivity contribution in [3.05, 3.63) is 127 Å². The predicted octanol–water partition coefficient (Wildman–Crippen LogP) is 2.43. The molecule has 0 unspecified atom stereocenters. The molecule has 0 aliphatic rings. The standard InChI is InChI=1S/C33H32FN3O2PS.BrH/c1-24(2)30-32(31(25-20-22-26(34)23-21-25)36-33(35-30)37(3)41(4,38)39)40(27-14-8-5-9-15-27,28-16-10-6-11-17-28)29-18-12-7-13-19-29;/h5-24H,1-4H3;1H/q+1;/p-1. The predicted molar refractivity (Wildman–Crippen MR) is 170 cm³/mol. The summed E-state index contributed by atoms with van der Waals surface area (Å²) in [7, 11) is -4.89. The highest BCUT2D eigenvalue weighted by Crippen LogP contribution is 2.57. The number of halogens is 2. The van der Waals surface area contributed by atoms with E-state index in [4.69, 9.17) is 9.97 Å². The van der Waals surface area contributed by atoms with Crippen molar-refractivity contribution in [3.8, 4) is 11.3 Å². The molecule has 0 aliphatic heterocycles. The lowest BCUT2D eigenvalue weighted by molar-refractivity contribution is -0.0000114. The Morgan fingerprint density at radius 1 is 0.714 bits per heavy atom. The molecule has 5 aromatic rings. The van der Waals surface area contributed by atoms with Crippen molar-refractivity contribution < 1.29 is 29.8 Å². The summed E-state index contributed by atoms with van der Waals surface area (Å²) >= 11 is 0. The third-order valence-electron chi connectivity index (χ3n) is 7.11. The molecule has 0 fully saturated rings. The van der Waals surface area contributed by atoms with Gasteiger partial charge in [0.15, 0.2) is 5.30 Å². The van der Waals surface area contributed by atoms with Crippen LogP contribution in [-0.2, 0) is 10.0 Å². The maximum Gasteiger partial charge on any atom is 0.240 e. The number of hydrogen-bond donors (Lipinski definition) is 0. The van der Waals surface area contributed by atoms with E-state index in [1.54, 1.807) is 12.1 Å².